The fourth-order valence-corrected chi connectivity index (χ4v) is 2.68. The maximum atomic E-state index is 13.0. The molecule has 0 aliphatic carbocycles. The van der Waals surface area contributed by atoms with E-state index in [1.807, 2.05) is 0 Å². The van der Waals surface area contributed by atoms with Gasteiger partial charge in [-0.2, -0.15) is 0 Å². The van der Waals surface area contributed by atoms with E-state index < -0.39 is 27.2 Å². The molecule has 0 saturated carbocycles. The highest BCUT2D eigenvalue weighted by Gasteiger charge is 2.19. The molecule has 7 heteroatoms. The second kappa shape index (κ2) is 4.49. The van der Waals surface area contributed by atoms with Crippen molar-refractivity contribution < 1.29 is 21.7 Å². The highest BCUT2D eigenvalue weighted by molar-refractivity contribution is 7.90. The van der Waals surface area contributed by atoms with Crippen LogP contribution in [0.25, 0.3) is 0 Å². The van der Waals surface area contributed by atoms with E-state index in [-0.39, 0.29) is 10.6 Å². The van der Waals surface area contributed by atoms with Crippen LogP contribution < -0.4 is 0 Å². The molecule has 0 unspecified atom stereocenters. The lowest BCUT2D eigenvalue weighted by Crippen LogP contribution is -2.06. The van der Waals surface area contributed by atoms with Gasteiger partial charge in [0, 0.05) is 6.07 Å². The van der Waals surface area contributed by atoms with E-state index >= 15 is 0 Å². The number of aromatic nitrogens is 1. The maximum absolute atomic E-state index is 13.0. The van der Waals surface area contributed by atoms with Gasteiger partial charge in [-0.05, 0) is 25.1 Å². The third kappa shape index (κ3) is 2.56. The Balaban J connectivity index is 2.33. The van der Waals surface area contributed by atoms with E-state index in [2.05, 4.69) is 5.16 Å². The third-order valence-electron chi connectivity index (χ3n) is 2.26. The molecular weight excluding hydrogens is 264 g/mol. The molecule has 0 aliphatic heterocycles. The van der Waals surface area contributed by atoms with Crippen molar-refractivity contribution in [3.8, 4) is 0 Å². The van der Waals surface area contributed by atoms with Crippen LogP contribution in [-0.2, 0) is 15.6 Å². The van der Waals surface area contributed by atoms with Crippen molar-refractivity contribution in [1.82, 2.24) is 5.16 Å². The number of aryl methyl sites for hydroxylation is 1. The van der Waals surface area contributed by atoms with Crippen LogP contribution >= 0.6 is 0 Å². The van der Waals surface area contributed by atoms with E-state index in [0.29, 0.717) is 11.8 Å². The van der Waals surface area contributed by atoms with Gasteiger partial charge in [-0.25, -0.2) is 17.2 Å². The van der Waals surface area contributed by atoms with Crippen LogP contribution in [0.5, 0.6) is 0 Å². The Bertz CT molecular complexity index is 679. The van der Waals surface area contributed by atoms with Gasteiger partial charge in [-0.3, -0.25) is 0 Å². The summed E-state index contributed by atoms with van der Waals surface area (Å²) < 4.78 is 54.2. The smallest absolute Gasteiger partial charge is 0.184 e. The average Bonchev–Trinajstić information content (AvgIpc) is 2.67. The van der Waals surface area contributed by atoms with Crippen LogP contribution in [0.1, 0.15) is 11.5 Å². The third-order valence-corrected chi connectivity index (χ3v) is 3.91. The Morgan fingerprint density at radius 1 is 1.22 bits per heavy atom. The predicted molar refractivity (Wildman–Crippen MR) is 58.5 cm³/mol. The second-order valence-electron chi connectivity index (χ2n) is 3.76. The molecule has 2 aromatic rings. The minimum atomic E-state index is -3.77. The molecule has 18 heavy (non-hydrogen) atoms. The normalized spacial score (nSPS) is 11.7. The van der Waals surface area contributed by atoms with E-state index in [0.717, 1.165) is 12.1 Å². The minimum Gasteiger partial charge on any atom is -0.361 e. The first-order valence-electron chi connectivity index (χ1n) is 4.98. The molecule has 0 amide bonds. The lowest BCUT2D eigenvalue weighted by molar-refractivity contribution is 0.392. The molecule has 1 aromatic heterocycles. The monoisotopic (exact) mass is 273 g/mol. The maximum Gasteiger partial charge on any atom is 0.184 e. The first-order valence-corrected chi connectivity index (χ1v) is 6.64. The first kappa shape index (κ1) is 12.7. The Labute approximate surface area is 102 Å². The summed E-state index contributed by atoms with van der Waals surface area (Å²) in [6, 6.07) is 3.91. The van der Waals surface area contributed by atoms with E-state index in [1.165, 1.54) is 6.07 Å². The van der Waals surface area contributed by atoms with Crippen molar-refractivity contribution >= 4 is 9.84 Å². The molecule has 0 atom stereocenters. The number of rotatable bonds is 3. The molecule has 0 aliphatic rings. The first-order chi connectivity index (χ1) is 8.38. The number of halogens is 2. The van der Waals surface area contributed by atoms with Crippen LogP contribution in [0.4, 0.5) is 8.78 Å². The van der Waals surface area contributed by atoms with Crippen LogP contribution in [0.2, 0.25) is 0 Å². The van der Waals surface area contributed by atoms with Gasteiger partial charge >= 0.3 is 0 Å². The summed E-state index contributed by atoms with van der Waals surface area (Å²) in [5, 5.41) is 3.54. The van der Waals surface area contributed by atoms with Crippen molar-refractivity contribution in [2.45, 2.75) is 17.6 Å². The van der Waals surface area contributed by atoms with Crippen molar-refractivity contribution in [3.63, 3.8) is 0 Å². The largest absolute Gasteiger partial charge is 0.361 e. The Morgan fingerprint density at radius 3 is 2.50 bits per heavy atom. The second-order valence-corrected chi connectivity index (χ2v) is 5.75. The number of sulfone groups is 1. The zero-order valence-electron chi connectivity index (χ0n) is 9.35. The molecule has 2 rings (SSSR count). The number of benzene rings is 1. The molecule has 0 saturated heterocycles. The number of nitrogens with zero attached hydrogens (tertiary/aromatic N) is 1. The van der Waals surface area contributed by atoms with Gasteiger partial charge < -0.3 is 4.52 Å². The summed E-state index contributed by atoms with van der Waals surface area (Å²) >= 11 is 0. The standard InChI is InChI=1S/C11H9F2NO3S/c1-7-4-8(14-17-7)6-18(15,16)9-2-3-10(12)11(13)5-9/h2-5H,6H2,1H3. The summed E-state index contributed by atoms with van der Waals surface area (Å²) in [5.74, 6) is -2.24. The summed E-state index contributed by atoms with van der Waals surface area (Å²) in [4.78, 5) is -0.290. The van der Waals surface area contributed by atoms with Gasteiger partial charge in [-0.1, -0.05) is 5.16 Å². The average molecular weight is 273 g/mol. The molecule has 96 valence electrons. The molecule has 4 nitrogen and oxygen atoms in total. The zero-order chi connectivity index (χ0) is 13.3. The Hall–Kier alpha value is -1.76. The lowest BCUT2D eigenvalue weighted by Gasteiger charge is -2.02. The van der Waals surface area contributed by atoms with Crippen LogP contribution in [0.3, 0.4) is 0 Å². The van der Waals surface area contributed by atoms with Crippen molar-refractivity contribution in [3.05, 3.63) is 47.4 Å². The van der Waals surface area contributed by atoms with E-state index in [9.17, 15) is 17.2 Å². The van der Waals surface area contributed by atoms with Gasteiger partial charge in [0.2, 0.25) is 0 Å². The lowest BCUT2D eigenvalue weighted by atomic mass is 10.3. The summed E-state index contributed by atoms with van der Waals surface area (Å²) in [5.41, 5.74) is 0.220. The van der Waals surface area contributed by atoms with Gasteiger partial charge in [0.05, 0.1) is 10.6 Å². The quantitative estimate of drug-likeness (QED) is 0.805. The van der Waals surface area contributed by atoms with Crippen LogP contribution in [0, 0.1) is 18.6 Å². The van der Waals surface area contributed by atoms with Gasteiger partial charge in [0.1, 0.15) is 11.5 Å². The fraction of sp³-hybridized carbons (Fsp3) is 0.182. The molecule has 1 aromatic carbocycles. The number of hydrogen-bond acceptors (Lipinski definition) is 4. The summed E-state index contributed by atoms with van der Waals surface area (Å²) in [7, 11) is -3.77. The molecule has 0 fully saturated rings. The van der Waals surface area contributed by atoms with Crippen molar-refractivity contribution in [2.75, 3.05) is 0 Å². The molecule has 0 N–H and O–H groups in total. The molecule has 0 bridgehead atoms. The predicted octanol–water partition coefficient (Wildman–Crippen LogP) is 2.24. The van der Waals surface area contributed by atoms with Gasteiger partial charge in [0.15, 0.2) is 21.5 Å². The topological polar surface area (TPSA) is 60.2 Å². The minimum absolute atomic E-state index is 0.220. The van der Waals surface area contributed by atoms with Crippen LogP contribution in [-0.4, -0.2) is 13.6 Å². The summed E-state index contributed by atoms with van der Waals surface area (Å²) in [6.07, 6.45) is 0. The molecule has 0 radical (unpaired) electrons. The SMILES string of the molecule is Cc1cc(CS(=O)(=O)c2ccc(F)c(F)c2)no1. The number of hydrogen-bond donors (Lipinski definition) is 0. The highest BCUT2D eigenvalue weighted by Crippen LogP contribution is 2.18. The van der Waals surface area contributed by atoms with E-state index in [4.69, 9.17) is 4.52 Å². The zero-order valence-corrected chi connectivity index (χ0v) is 10.2. The van der Waals surface area contributed by atoms with Gasteiger partial charge in [-0.15, -0.1) is 0 Å². The fourth-order valence-electron chi connectivity index (χ4n) is 1.43. The van der Waals surface area contributed by atoms with Crippen molar-refractivity contribution in [1.29, 1.82) is 0 Å². The summed E-state index contributed by atoms with van der Waals surface area (Å²) in [6.45, 7) is 1.63. The molecular formula is C11H9F2NO3S. The van der Waals surface area contributed by atoms with E-state index in [1.54, 1.807) is 6.92 Å². The highest BCUT2D eigenvalue weighted by atomic mass is 32.2. The molecule has 1 heterocycles. The van der Waals surface area contributed by atoms with Crippen molar-refractivity contribution in [2.24, 2.45) is 0 Å². The van der Waals surface area contributed by atoms with Gasteiger partial charge in [0.25, 0.3) is 0 Å². The molecule has 0 spiro atoms. The Morgan fingerprint density at radius 2 is 1.94 bits per heavy atom. The van der Waals surface area contributed by atoms with Crippen LogP contribution in [0.15, 0.2) is 33.7 Å². The Kier molecular flexibility index (Phi) is 3.16.